The fraction of sp³-hybridized carbons (Fsp3) is 0.208. The molecule has 0 aliphatic heterocycles. The standard InChI is InChI=1S/C24H26N2O4S/c1-2-20-10-6-7-11-23(20)26-24(27)18-30-21-12-14-22(15-13-21)31(28,29)25-17-16-19-8-4-3-5-9-19/h3-15,25H,2,16-18H2,1H3,(H,26,27). The van der Waals surface area contributed by atoms with Gasteiger partial charge in [0.25, 0.3) is 5.91 Å². The van der Waals surface area contributed by atoms with Gasteiger partial charge in [0.05, 0.1) is 4.90 Å². The Bertz CT molecular complexity index is 1100. The van der Waals surface area contributed by atoms with Crippen LogP contribution in [0, 0.1) is 0 Å². The van der Waals surface area contributed by atoms with Crippen molar-refractivity contribution in [1.29, 1.82) is 0 Å². The zero-order valence-corrected chi connectivity index (χ0v) is 18.2. The number of anilines is 1. The van der Waals surface area contributed by atoms with Crippen molar-refractivity contribution >= 4 is 21.6 Å². The van der Waals surface area contributed by atoms with Crippen LogP contribution >= 0.6 is 0 Å². The number of para-hydroxylation sites is 1. The van der Waals surface area contributed by atoms with E-state index in [1.165, 1.54) is 12.1 Å². The monoisotopic (exact) mass is 438 g/mol. The summed E-state index contributed by atoms with van der Waals surface area (Å²) < 4.78 is 33.0. The first-order chi connectivity index (χ1) is 15.0. The topological polar surface area (TPSA) is 84.5 Å². The Balaban J connectivity index is 1.50. The number of hydrogen-bond donors (Lipinski definition) is 2. The summed E-state index contributed by atoms with van der Waals surface area (Å²) in [5.74, 6) is 0.141. The van der Waals surface area contributed by atoms with E-state index in [2.05, 4.69) is 10.0 Å². The van der Waals surface area contributed by atoms with E-state index in [4.69, 9.17) is 4.74 Å². The van der Waals surface area contributed by atoms with E-state index in [-0.39, 0.29) is 17.4 Å². The normalized spacial score (nSPS) is 11.1. The van der Waals surface area contributed by atoms with Crippen molar-refractivity contribution in [2.45, 2.75) is 24.7 Å². The summed E-state index contributed by atoms with van der Waals surface area (Å²) in [4.78, 5) is 12.3. The smallest absolute Gasteiger partial charge is 0.262 e. The Labute approximate surface area is 183 Å². The molecule has 0 bridgehead atoms. The van der Waals surface area contributed by atoms with Gasteiger partial charge < -0.3 is 10.1 Å². The second kappa shape index (κ2) is 10.7. The lowest BCUT2D eigenvalue weighted by molar-refractivity contribution is -0.118. The third-order valence-electron chi connectivity index (χ3n) is 4.72. The summed E-state index contributed by atoms with van der Waals surface area (Å²) in [6, 6.07) is 23.3. The molecule has 3 aromatic carbocycles. The number of rotatable bonds is 10. The van der Waals surface area contributed by atoms with Crippen LogP contribution in [0.15, 0.2) is 83.8 Å². The predicted molar refractivity (Wildman–Crippen MR) is 122 cm³/mol. The maximum atomic E-state index is 12.4. The number of nitrogens with one attached hydrogen (secondary N) is 2. The van der Waals surface area contributed by atoms with Crippen molar-refractivity contribution in [3.63, 3.8) is 0 Å². The molecule has 0 unspecified atom stereocenters. The molecule has 0 atom stereocenters. The van der Waals surface area contributed by atoms with Crippen LogP contribution < -0.4 is 14.8 Å². The number of benzene rings is 3. The number of ether oxygens (including phenoxy) is 1. The predicted octanol–water partition coefficient (Wildman–Crippen LogP) is 3.79. The fourth-order valence-electron chi connectivity index (χ4n) is 3.06. The van der Waals surface area contributed by atoms with E-state index in [1.807, 2.05) is 61.5 Å². The first kappa shape index (κ1) is 22.5. The van der Waals surface area contributed by atoms with Gasteiger partial charge in [0, 0.05) is 12.2 Å². The Morgan fingerprint density at radius 2 is 1.58 bits per heavy atom. The molecule has 3 aromatic rings. The van der Waals surface area contributed by atoms with E-state index >= 15 is 0 Å². The highest BCUT2D eigenvalue weighted by atomic mass is 32.2. The van der Waals surface area contributed by atoms with Crippen molar-refractivity contribution in [2.24, 2.45) is 0 Å². The Morgan fingerprint density at radius 1 is 0.903 bits per heavy atom. The molecule has 0 spiro atoms. The number of amides is 1. The first-order valence-corrected chi connectivity index (χ1v) is 11.6. The molecule has 3 rings (SSSR count). The van der Waals surface area contributed by atoms with Gasteiger partial charge in [0.15, 0.2) is 6.61 Å². The van der Waals surface area contributed by atoms with Crippen LogP contribution in [0.1, 0.15) is 18.1 Å². The quantitative estimate of drug-likeness (QED) is 0.504. The molecule has 6 nitrogen and oxygen atoms in total. The lowest BCUT2D eigenvalue weighted by Crippen LogP contribution is -2.26. The average Bonchev–Trinajstić information content (AvgIpc) is 2.79. The molecule has 162 valence electrons. The van der Waals surface area contributed by atoms with Gasteiger partial charge in [-0.2, -0.15) is 0 Å². The molecule has 0 radical (unpaired) electrons. The largest absolute Gasteiger partial charge is 0.484 e. The summed E-state index contributed by atoms with van der Waals surface area (Å²) in [7, 11) is -3.61. The molecule has 0 saturated heterocycles. The molecule has 1 amide bonds. The van der Waals surface area contributed by atoms with Crippen molar-refractivity contribution in [1.82, 2.24) is 4.72 Å². The number of hydrogen-bond acceptors (Lipinski definition) is 4. The zero-order valence-electron chi connectivity index (χ0n) is 17.4. The maximum Gasteiger partial charge on any atom is 0.262 e. The highest BCUT2D eigenvalue weighted by Crippen LogP contribution is 2.17. The molecule has 0 aliphatic rings. The SMILES string of the molecule is CCc1ccccc1NC(=O)COc1ccc(S(=O)(=O)NCCc2ccccc2)cc1. The number of aryl methyl sites for hydroxylation is 1. The highest BCUT2D eigenvalue weighted by molar-refractivity contribution is 7.89. The fourth-order valence-corrected chi connectivity index (χ4v) is 4.09. The van der Waals surface area contributed by atoms with Crippen molar-refractivity contribution in [3.8, 4) is 5.75 Å². The minimum Gasteiger partial charge on any atom is -0.484 e. The first-order valence-electron chi connectivity index (χ1n) is 10.1. The van der Waals surface area contributed by atoms with Gasteiger partial charge in [0.1, 0.15) is 5.75 Å². The molecule has 0 fully saturated rings. The summed E-state index contributed by atoms with van der Waals surface area (Å²) >= 11 is 0. The van der Waals surface area contributed by atoms with Gasteiger partial charge >= 0.3 is 0 Å². The van der Waals surface area contributed by atoms with E-state index < -0.39 is 10.0 Å². The third kappa shape index (κ3) is 6.67. The summed E-state index contributed by atoms with van der Waals surface area (Å²) in [6.45, 7) is 2.16. The maximum absolute atomic E-state index is 12.4. The molecule has 7 heteroatoms. The van der Waals surface area contributed by atoms with Crippen molar-refractivity contribution in [3.05, 3.63) is 90.0 Å². The summed E-state index contributed by atoms with van der Waals surface area (Å²) in [5.41, 5.74) is 2.88. The van der Waals surface area contributed by atoms with Crippen LogP contribution in [0.4, 0.5) is 5.69 Å². The zero-order chi connectivity index (χ0) is 22.1. The van der Waals surface area contributed by atoms with Gasteiger partial charge in [-0.15, -0.1) is 0 Å². The van der Waals surface area contributed by atoms with Crippen molar-refractivity contribution < 1.29 is 17.9 Å². The second-order valence-electron chi connectivity index (χ2n) is 6.95. The lowest BCUT2D eigenvalue weighted by atomic mass is 10.1. The number of sulfonamides is 1. The van der Waals surface area contributed by atoms with E-state index in [1.54, 1.807) is 12.1 Å². The summed E-state index contributed by atoms with van der Waals surface area (Å²) in [5, 5.41) is 2.83. The Hall–Kier alpha value is -3.16. The van der Waals surface area contributed by atoms with Gasteiger partial charge in [-0.25, -0.2) is 13.1 Å². The van der Waals surface area contributed by atoms with E-state index in [0.29, 0.717) is 18.7 Å². The molecule has 31 heavy (non-hydrogen) atoms. The van der Waals surface area contributed by atoms with Crippen molar-refractivity contribution in [2.75, 3.05) is 18.5 Å². The van der Waals surface area contributed by atoms with Crippen LogP contribution in [0.5, 0.6) is 5.75 Å². The third-order valence-corrected chi connectivity index (χ3v) is 6.20. The molecule has 0 saturated carbocycles. The van der Waals surface area contributed by atoms with Crippen LogP contribution in [-0.2, 0) is 27.7 Å². The lowest BCUT2D eigenvalue weighted by Gasteiger charge is -2.11. The minimum atomic E-state index is -3.61. The minimum absolute atomic E-state index is 0.147. The van der Waals surface area contributed by atoms with Gasteiger partial charge in [0.2, 0.25) is 10.0 Å². The Kier molecular flexibility index (Phi) is 7.81. The second-order valence-corrected chi connectivity index (χ2v) is 8.72. The molecule has 0 aromatic heterocycles. The summed E-state index contributed by atoms with van der Waals surface area (Å²) in [6.07, 6.45) is 1.42. The van der Waals surface area contributed by atoms with E-state index in [9.17, 15) is 13.2 Å². The van der Waals surface area contributed by atoms with Crippen LogP contribution in [-0.4, -0.2) is 27.5 Å². The molecule has 0 aliphatic carbocycles. The molecule has 2 N–H and O–H groups in total. The van der Waals surface area contributed by atoms with Crippen LogP contribution in [0.25, 0.3) is 0 Å². The molecule has 0 heterocycles. The Morgan fingerprint density at radius 3 is 2.29 bits per heavy atom. The number of carbonyl (C=O) groups excluding carboxylic acids is 1. The average molecular weight is 439 g/mol. The van der Waals surface area contributed by atoms with Crippen LogP contribution in [0.2, 0.25) is 0 Å². The van der Waals surface area contributed by atoms with Gasteiger partial charge in [-0.05, 0) is 54.3 Å². The highest BCUT2D eigenvalue weighted by Gasteiger charge is 2.14. The molecular weight excluding hydrogens is 412 g/mol. The van der Waals surface area contributed by atoms with E-state index in [0.717, 1.165) is 23.2 Å². The molecular formula is C24H26N2O4S. The number of carbonyl (C=O) groups is 1. The van der Waals surface area contributed by atoms with Gasteiger partial charge in [-0.1, -0.05) is 55.5 Å². The van der Waals surface area contributed by atoms with Crippen LogP contribution in [0.3, 0.4) is 0 Å². The van der Waals surface area contributed by atoms with Gasteiger partial charge in [-0.3, -0.25) is 4.79 Å².